The van der Waals surface area contributed by atoms with E-state index in [9.17, 15) is 14.4 Å². The van der Waals surface area contributed by atoms with Crippen molar-refractivity contribution in [2.75, 3.05) is 50.5 Å². The number of carbonyl (C=O) groups excluding carboxylic acids is 1. The molecule has 3 aromatic heterocycles. The fourth-order valence-corrected chi connectivity index (χ4v) is 10.2. The maximum absolute atomic E-state index is 17.4. The monoisotopic (exact) mass is 777 g/mol. The normalized spacial score (nSPS) is 23.6. The summed E-state index contributed by atoms with van der Waals surface area (Å²) in [6.45, 7) is 3.55. The zero-order valence-electron chi connectivity index (χ0n) is 29.4. The van der Waals surface area contributed by atoms with Crippen molar-refractivity contribution in [1.29, 1.82) is 5.26 Å². The summed E-state index contributed by atoms with van der Waals surface area (Å²) in [4.78, 5) is 33.0. The SMILES string of the molecule is Cc1cn(C(=O)N(C)[C@@H]2C[C@@H]3CCOc4c(Cl)c(-c5ccc(F)c6sc(N)c(C#N)c56)c(F)c5nc(OC[C@@]67CCCN6C[C@H](F)C7)nc(c45)N3C2)cn1. The van der Waals surface area contributed by atoms with Crippen molar-refractivity contribution in [2.24, 2.45) is 0 Å². The first-order valence-electron chi connectivity index (χ1n) is 17.8. The highest BCUT2D eigenvalue weighted by Crippen LogP contribution is 2.51. The molecule has 0 unspecified atom stereocenters. The number of carbonyl (C=O) groups is 1. The number of imidazole rings is 1. The van der Waals surface area contributed by atoms with Crippen molar-refractivity contribution in [3.8, 4) is 29.0 Å². The number of nitrogens with zero attached hydrogens (tertiary/aromatic N) is 8. The van der Waals surface area contributed by atoms with Crippen LogP contribution < -0.4 is 20.1 Å². The number of rotatable bonds is 5. The number of halogens is 4. The molecule has 280 valence electrons. The lowest BCUT2D eigenvalue weighted by Gasteiger charge is -2.32. The minimum Gasteiger partial charge on any atom is -0.491 e. The standard InChI is InChI=1S/C37H35ClF3N9O3S/c1-18-13-48(17-44-18)36(51)47(2)21-10-20-6-9-52-31-27-30(29(41)26(28(31)38)22-4-5-24(40)32-25(22)23(12-42)33(43)54-32)45-35(46-34(27)50(20)15-21)53-16-37-7-3-8-49(37)14-19(39)11-37/h4-5,13,17,19-21H,3,6-11,14-16,43H2,1-2H3/t19-,20+,21-,37+/m1/s1. The Hall–Kier alpha value is -4.85. The molecule has 4 aliphatic rings. The molecule has 3 saturated heterocycles. The van der Waals surface area contributed by atoms with E-state index in [2.05, 4.69) is 14.9 Å². The summed E-state index contributed by atoms with van der Waals surface area (Å²) in [5.41, 5.74) is 6.19. The summed E-state index contributed by atoms with van der Waals surface area (Å²) in [6.07, 6.45) is 5.23. The molecule has 4 atom stereocenters. The van der Waals surface area contributed by atoms with E-state index in [1.807, 2.05) is 17.9 Å². The molecule has 5 aromatic rings. The van der Waals surface area contributed by atoms with Crippen molar-refractivity contribution in [1.82, 2.24) is 29.3 Å². The number of hydrogen-bond donors (Lipinski definition) is 1. The van der Waals surface area contributed by atoms with Crippen LogP contribution in [0.1, 0.15) is 43.4 Å². The third kappa shape index (κ3) is 5.34. The number of anilines is 2. The van der Waals surface area contributed by atoms with Crippen LogP contribution in [0.4, 0.5) is 28.8 Å². The van der Waals surface area contributed by atoms with Crippen LogP contribution >= 0.6 is 22.9 Å². The largest absolute Gasteiger partial charge is 0.491 e. The number of amides is 1. The third-order valence-corrected chi connectivity index (χ3v) is 12.9. The van der Waals surface area contributed by atoms with Gasteiger partial charge in [0, 0.05) is 56.2 Å². The Labute approximate surface area is 316 Å². The van der Waals surface area contributed by atoms with Gasteiger partial charge in [-0.25, -0.2) is 22.9 Å². The van der Waals surface area contributed by atoms with Gasteiger partial charge in [-0.2, -0.15) is 15.2 Å². The van der Waals surface area contributed by atoms with Gasteiger partial charge in [-0.15, -0.1) is 11.3 Å². The van der Waals surface area contributed by atoms with Crippen LogP contribution in [0.25, 0.3) is 32.1 Å². The number of aromatic nitrogens is 4. The van der Waals surface area contributed by atoms with Gasteiger partial charge in [-0.1, -0.05) is 17.7 Å². The lowest BCUT2D eigenvalue weighted by molar-refractivity contribution is 0.107. The van der Waals surface area contributed by atoms with Gasteiger partial charge in [-0.3, -0.25) is 9.47 Å². The molecule has 0 bridgehead atoms. The van der Waals surface area contributed by atoms with Crippen molar-refractivity contribution in [2.45, 2.75) is 62.8 Å². The van der Waals surface area contributed by atoms with Crippen LogP contribution in [0.5, 0.6) is 11.8 Å². The first-order chi connectivity index (χ1) is 26.0. The number of fused-ring (bicyclic) bond motifs is 4. The van der Waals surface area contributed by atoms with Gasteiger partial charge in [0.2, 0.25) is 0 Å². The highest BCUT2D eigenvalue weighted by Gasteiger charge is 2.49. The fraction of sp³-hybridized carbons (Fsp3) is 0.432. The highest BCUT2D eigenvalue weighted by atomic mass is 35.5. The van der Waals surface area contributed by atoms with Gasteiger partial charge in [0.25, 0.3) is 0 Å². The molecule has 7 heterocycles. The van der Waals surface area contributed by atoms with Gasteiger partial charge in [0.05, 0.1) is 44.6 Å². The Morgan fingerprint density at radius 3 is 2.89 bits per heavy atom. The Kier molecular flexibility index (Phi) is 8.32. The van der Waals surface area contributed by atoms with Crippen LogP contribution in [-0.2, 0) is 0 Å². The summed E-state index contributed by atoms with van der Waals surface area (Å²) < 4.78 is 61.5. The van der Waals surface area contributed by atoms with E-state index in [4.69, 9.17) is 31.8 Å². The molecule has 0 saturated carbocycles. The van der Waals surface area contributed by atoms with Crippen LogP contribution in [0.15, 0.2) is 24.7 Å². The summed E-state index contributed by atoms with van der Waals surface area (Å²) in [5.74, 6) is -1.01. The number of nitrogens with two attached hydrogens (primary N) is 1. The molecule has 3 fully saturated rings. The molecular formula is C37H35ClF3N9O3S. The molecule has 2 N–H and O–H groups in total. The van der Waals surface area contributed by atoms with Crippen molar-refractivity contribution >= 4 is 60.8 Å². The molecule has 4 aliphatic heterocycles. The molecule has 0 spiro atoms. The lowest BCUT2D eigenvalue weighted by Crippen LogP contribution is -2.43. The second-order valence-electron chi connectivity index (χ2n) is 14.7. The number of ether oxygens (including phenoxy) is 2. The average molecular weight is 778 g/mol. The Morgan fingerprint density at radius 2 is 2.11 bits per heavy atom. The molecule has 0 radical (unpaired) electrons. The maximum atomic E-state index is 17.4. The molecule has 17 heteroatoms. The second kappa shape index (κ2) is 12.9. The Morgan fingerprint density at radius 1 is 1.28 bits per heavy atom. The first-order valence-corrected chi connectivity index (χ1v) is 19.0. The number of benzene rings is 2. The zero-order valence-corrected chi connectivity index (χ0v) is 31.0. The summed E-state index contributed by atoms with van der Waals surface area (Å²) in [7, 11) is 1.74. The number of nitrogen functional groups attached to an aromatic ring is 1. The van der Waals surface area contributed by atoms with Crippen LogP contribution in [-0.4, -0.2) is 99.0 Å². The summed E-state index contributed by atoms with van der Waals surface area (Å²) in [6, 6.07) is 3.81. The smallest absolute Gasteiger partial charge is 0.329 e. The number of likely N-dealkylation sites (N-methyl/N-ethyl adjacent to an activating group) is 1. The molecule has 1 amide bonds. The molecule has 9 rings (SSSR count). The minimum absolute atomic E-state index is 0.00891. The molecule has 0 aliphatic carbocycles. The second-order valence-corrected chi connectivity index (χ2v) is 16.1. The fourth-order valence-electron chi connectivity index (χ4n) is 8.90. The van der Waals surface area contributed by atoms with E-state index in [0.29, 0.717) is 43.9 Å². The average Bonchev–Trinajstić information content (AvgIpc) is 3.97. The molecule has 2 aromatic carbocycles. The van der Waals surface area contributed by atoms with E-state index in [-0.39, 0.29) is 90.8 Å². The summed E-state index contributed by atoms with van der Waals surface area (Å²) >= 11 is 8.01. The van der Waals surface area contributed by atoms with E-state index >= 15 is 8.78 Å². The maximum Gasteiger partial charge on any atom is 0.329 e. The predicted octanol–water partition coefficient (Wildman–Crippen LogP) is 6.69. The quantitative estimate of drug-likeness (QED) is 0.206. The predicted molar refractivity (Wildman–Crippen MR) is 198 cm³/mol. The highest BCUT2D eigenvalue weighted by molar-refractivity contribution is 7.23. The molecule has 54 heavy (non-hydrogen) atoms. The van der Waals surface area contributed by atoms with Crippen molar-refractivity contribution in [3.63, 3.8) is 0 Å². The number of alkyl halides is 1. The Bertz CT molecular complexity index is 2420. The zero-order chi connectivity index (χ0) is 37.6. The number of aryl methyl sites for hydroxylation is 1. The van der Waals surface area contributed by atoms with E-state index < -0.39 is 23.3 Å². The Balaban J connectivity index is 1.21. The number of hydrogen-bond acceptors (Lipinski definition) is 11. The summed E-state index contributed by atoms with van der Waals surface area (Å²) in [5, 5.41) is 10.3. The molecular weight excluding hydrogens is 743 g/mol. The van der Waals surface area contributed by atoms with Gasteiger partial charge in [0.15, 0.2) is 11.6 Å². The van der Waals surface area contributed by atoms with E-state index in [1.165, 1.54) is 23.0 Å². The topological polar surface area (TPSA) is 139 Å². The van der Waals surface area contributed by atoms with Crippen LogP contribution in [0, 0.1) is 29.9 Å². The van der Waals surface area contributed by atoms with Crippen molar-refractivity contribution in [3.05, 3.63) is 52.6 Å². The lowest BCUT2D eigenvalue weighted by atomic mass is 9.95. The first kappa shape index (κ1) is 34.9. The van der Waals surface area contributed by atoms with Crippen LogP contribution in [0.3, 0.4) is 0 Å². The van der Waals surface area contributed by atoms with Gasteiger partial charge < -0.3 is 25.0 Å². The van der Waals surface area contributed by atoms with Crippen molar-refractivity contribution < 1.29 is 27.4 Å². The third-order valence-electron chi connectivity index (χ3n) is 11.5. The number of nitriles is 1. The van der Waals surface area contributed by atoms with Crippen LogP contribution in [0.2, 0.25) is 5.02 Å². The minimum atomic E-state index is -0.980. The molecule has 12 nitrogen and oxygen atoms in total. The van der Waals surface area contributed by atoms with Gasteiger partial charge >= 0.3 is 12.0 Å². The van der Waals surface area contributed by atoms with E-state index in [0.717, 1.165) is 30.7 Å². The number of thiophene rings is 1. The van der Waals surface area contributed by atoms with Gasteiger partial charge in [-0.05, 0) is 44.4 Å². The van der Waals surface area contributed by atoms with E-state index in [1.54, 1.807) is 18.1 Å². The van der Waals surface area contributed by atoms with Gasteiger partial charge in [0.1, 0.15) is 47.3 Å².